The Hall–Kier alpha value is -2.82. The zero-order valence-electron chi connectivity index (χ0n) is 15.3. The Morgan fingerprint density at radius 1 is 1.07 bits per heavy atom. The van der Waals surface area contributed by atoms with Gasteiger partial charge in [-0.3, -0.25) is 4.79 Å². The van der Waals surface area contributed by atoms with Crippen LogP contribution in [0, 0.1) is 5.41 Å². The number of amides is 3. The van der Waals surface area contributed by atoms with E-state index in [1.165, 1.54) is 22.3 Å². The van der Waals surface area contributed by atoms with Crippen molar-refractivity contribution >= 4 is 17.6 Å². The van der Waals surface area contributed by atoms with Crippen LogP contribution in [-0.2, 0) is 11.2 Å². The molecule has 5 nitrogen and oxygen atoms in total. The van der Waals surface area contributed by atoms with Crippen molar-refractivity contribution in [1.82, 2.24) is 10.2 Å². The van der Waals surface area contributed by atoms with Gasteiger partial charge < -0.3 is 15.5 Å². The predicted octanol–water partition coefficient (Wildman–Crippen LogP) is 3.39. The van der Waals surface area contributed by atoms with Crippen molar-refractivity contribution in [2.75, 3.05) is 25.0 Å². The molecule has 27 heavy (non-hydrogen) atoms. The Bertz CT molecular complexity index is 939. The average molecular weight is 361 g/mol. The van der Waals surface area contributed by atoms with E-state index in [-0.39, 0.29) is 17.4 Å². The number of carbonyl (C=O) groups is 2. The Labute approximate surface area is 158 Å². The minimum Gasteiger partial charge on any atom is -0.356 e. The lowest BCUT2D eigenvalue weighted by Crippen LogP contribution is -2.48. The van der Waals surface area contributed by atoms with E-state index in [1.807, 2.05) is 6.07 Å². The number of nitrogens with one attached hydrogen (secondary N) is 2. The van der Waals surface area contributed by atoms with Crippen LogP contribution in [0.2, 0.25) is 0 Å². The minimum absolute atomic E-state index is 0.110. The molecule has 5 heteroatoms. The molecule has 0 bridgehead atoms. The van der Waals surface area contributed by atoms with Crippen LogP contribution in [0.25, 0.3) is 11.1 Å². The van der Waals surface area contributed by atoms with Crippen LogP contribution >= 0.6 is 0 Å². The molecule has 1 atom stereocenters. The van der Waals surface area contributed by atoms with Gasteiger partial charge in [0.05, 0.1) is 5.41 Å². The fourth-order valence-corrected chi connectivity index (χ4v) is 4.79. The third kappa shape index (κ3) is 2.69. The Balaban J connectivity index is 1.30. The maximum atomic E-state index is 12.7. The second-order valence-corrected chi connectivity index (χ2v) is 7.95. The molecule has 2 aromatic rings. The first-order valence-corrected chi connectivity index (χ1v) is 9.70. The molecule has 0 saturated carbocycles. The van der Waals surface area contributed by atoms with Gasteiger partial charge in [0.15, 0.2) is 0 Å². The number of likely N-dealkylation sites (tertiary alicyclic amines) is 1. The lowest BCUT2D eigenvalue weighted by Gasteiger charge is -2.32. The molecule has 1 aliphatic carbocycles. The Morgan fingerprint density at radius 2 is 1.93 bits per heavy atom. The highest BCUT2D eigenvalue weighted by atomic mass is 16.2. The number of anilines is 1. The lowest BCUT2D eigenvalue weighted by atomic mass is 9.79. The number of piperidine rings is 1. The van der Waals surface area contributed by atoms with Gasteiger partial charge in [0.1, 0.15) is 0 Å². The van der Waals surface area contributed by atoms with E-state index >= 15 is 0 Å². The van der Waals surface area contributed by atoms with Gasteiger partial charge in [0.25, 0.3) is 0 Å². The summed E-state index contributed by atoms with van der Waals surface area (Å²) < 4.78 is 0. The number of urea groups is 1. The van der Waals surface area contributed by atoms with E-state index in [1.54, 1.807) is 4.90 Å². The summed E-state index contributed by atoms with van der Waals surface area (Å²) >= 11 is 0. The van der Waals surface area contributed by atoms with E-state index in [0.717, 1.165) is 37.9 Å². The fourth-order valence-electron chi connectivity index (χ4n) is 4.79. The predicted molar refractivity (Wildman–Crippen MR) is 105 cm³/mol. The van der Waals surface area contributed by atoms with Crippen LogP contribution in [-0.4, -0.2) is 36.5 Å². The van der Waals surface area contributed by atoms with Gasteiger partial charge in [-0.15, -0.1) is 0 Å². The molecule has 5 rings (SSSR count). The molecule has 2 heterocycles. The van der Waals surface area contributed by atoms with Gasteiger partial charge in [0.2, 0.25) is 5.91 Å². The summed E-state index contributed by atoms with van der Waals surface area (Å²) in [5, 5.41) is 6.00. The third-order valence-electron chi connectivity index (χ3n) is 6.29. The first-order valence-electron chi connectivity index (χ1n) is 9.70. The molecule has 2 aromatic carbocycles. The van der Waals surface area contributed by atoms with E-state index in [2.05, 4.69) is 47.0 Å². The monoisotopic (exact) mass is 361 g/mol. The summed E-state index contributed by atoms with van der Waals surface area (Å²) in [7, 11) is 0. The lowest BCUT2D eigenvalue weighted by molar-refractivity contribution is -0.132. The number of fused-ring (bicyclic) bond motifs is 3. The van der Waals surface area contributed by atoms with Crippen LogP contribution in [0.4, 0.5) is 10.5 Å². The first-order chi connectivity index (χ1) is 13.1. The van der Waals surface area contributed by atoms with Gasteiger partial charge >= 0.3 is 6.03 Å². The quantitative estimate of drug-likeness (QED) is 0.698. The van der Waals surface area contributed by atoms with Crippen molar-refractivity contribution < 1.29 is 9.59 Å². The van der Waals surface area contributed by atoms with Crippen molar-refractivity contribution in [3.8, 4) is 11.1 Å². The zero-order valence-corrected chi connectivity index (χ0v) is 15.3. The molecule has 2 aliphatic heterocycles. The number of hydrogen-bond acceptors (Lipinski definition) is 2. The Morgan fingerprint density at radius 3 is 2.81 bits per heavy atom. The van der Waals surface area contributed by atoms with Crippen LogP contribution in [0.3, 0.4) is 0 Å². The van der Waals surface area contributed by atoms with Gasteiger partial charge in [-0.25, -0.2) is 4.79 Å². The van der Waals surface area contributed by atoms with Crippen molar-refractivity contribution in [2.45, 2.75) is 25.7 Å². The normalized spacial score (nSPS) is 23.1. The molecule has 3 amide bonds. The second kappa shape index (κ2) is 6.12. The molecule has 3 aliphatic rings. The molecule has 2 saturated heterocycles. The topological polar surface area (TPSA) is 61.4 Å². The highest BCUT2D eigenvalue weighted by molar-refractivity contribution is 5.92. The smallest absolute Gasteiger partial charge is 0.321 e. The van der Waals surface area contributed by atoms with E-state index in [0.29, 0.717) is 13.1 Å². The summed E-state index contributed by atoms with van der Waals surface area (Å²) in [6.45, 7) is 1.90. The first kappa shape index (κ1) is 16.4. The Kier molecular flexibility index (Phi) is 3.71. The van der Waals surface area contributed by atoms with Gasteiger partial charge in [-0.1, -0.05) is 30.3 Å². The van der Waals surface area contributed by atoms with E-state index in [4.69, 9.17) is 0 Å². The molecule has 2 fully saturated rings. The van der Waals surface area contributed by atoms with E-state index in [9.17, 15) is 9.59 Å². The third-order valence-corrected chi connectivity index (χ3v) is 6.29. The van der Waals surface area contributed by atoms with Crippen LogP contribution in [0.1, 0.15) is 30.4 Å². The molecular weight excluding hydrogens is 338 g/mol. The largest absolute Gasteiger partial charge is 0.356 e. The van der Waals surface area contributed by atoms with Crippen LogP contribution in [0.15, 0.2) is 42.5 Å². The van der Waals surface area contributed by atoms with Crippen LogP contribution in [0.5, 0.6) is 0 Å². The highest BCUT2D eigenvalue weighted by Gasteiger charge is 2.46. The maximum Gasteiger partial charge on any atom is 0.321 e. The molecule has 0 aromatic heterocycles. The second-order valence-electron chi connectivity index (χ2n) is 7.95. The number of carbonyl (C=O) groups excluding carboxylic acids is 2. The van der Waals surface area contributed by atoms with Crippen LogP contribution < -0.4 is 10.6 Å². The summed E-state index contributed by atoms with van der Waals surface area (Å²) in [5.41, 5.74) is 5.56. The van der Waals surface area contributed by atoms with Gasteiger partial charge in [-0.2, -0.15) is 0 Å². The summed E-state index contributed by atoms with van der Waals surface area (Å²) in [4.78, 5) is 26.8. The molecule has 2 N–H and O–H groups in total. The molecule has 0 radical (unpaired) electrons. The molecular formula is C22H23N3O2. The van der Waals surface area contributed by atoms with Gasteiger partial charge in [0, 0.05) is 25.3 Å². The SMILES string of the molecule is O=C(Nc1ccc2c(c1)Cc1ccccc1-2)N1CC[C@]2(CCCNC2=O)C1. The number of benzene rings is 2. The number of nitrogens with zero attached hydrogens (tertiary/aromatic N) is 1. The summed E-state index contributed by atoms with van der Waals surface area (Å²) in [6, 6.07) is 14.5. The van der Waals surface area contributed by atoms with Gasteiger partial charge in [-0.05, 0) is 60.1 Å². The summed E-state index contributed by atoms with van der Waals surface area (Å²) in [6.07, 6.45) is 3.53. The maximum absolute atomic E-state index is 12.7. The highest BCUT2D eigenvalue weighted by Crippen LogP contribution is 2.39. The molecule has 138 valence electrons. The average Bonchev–Trinajstić information content (AvgIpc) is 3.26. The number of hydrogen-bond donors (Lipinski definition) is 2. The van der Waals surface area contributed by atoms with E-state index < -0.39 is 0 Å². The molecule has 0 unspecified atom stereocenters. The van der Waals surface area contributed by atoms with Crippen molar-refractivity contribution in [3.05, 3.63) is 53.6 Å². The molecule has 1 spiro atoms. The van der Waals surface area contributed by atoms with Crippen molar-refractivity contribution in [1.29, 1.82) is 0 Å². The fraction of sp³-hybridized carbons (Fsp3) is 0.364. The summed E-state index contributed by atoms with van der Waals surface area (Å²) in [5.74, 6) is 0.111. The minimum atomic E-state index is -0.380. The zero-order chi connectivity index (χ0) is 18.4. The van der Waals surface area contributed by atoms with Crippen molar-refractivity contribution in [2.24, 2.45) is 5.41 Å². The standard InChI is InChI=1S/C22H23N3O2/c26-20-22(8-3-10-23-20)9-11-25(14-22)21(27)24-17-6-7-19-16(13-17)12-15-4-1-2-5-18(15)19/h1-2,4-7,13H,3,8-12,14H2,(H,23,26)(H,24,27)/t22-/m1/s1. The number of rotatable bonds is 1. The van der Waals surface area contributed by atoms with Crippen molar-refractivity contribution in [3.63, 3.8) is 0 Å².